The van der Waals surface area contributed by atoms with E-state index in [4.69, 9.17) is 21.6 Å². The molecule has 0 amide bonds. The topological polar surface area (TPSA) is 45.0 Å². The van der Waals surface area contributed by atoms with Crippen LogP contribution in [0.1, 0.15) is 12.0 Å². The Bertz CT molecular complexity index is 408. The van der Waals surface area contributed by atoms with Crippen molar-refractivity contribution in [1.82, 2.24) is 0 Å². The Hall–Kier alpha value is -1.24. The minimum atomic E-state index is 0.544. The first-order valence-corrected chi connectivity index (χ1v) is 5.68. The molecule has 1 unspecified atom stereocenters. The van der Waals surface area contributed by atoms with Crippen molar-refractivity contribution in [2.45, 2.75) is 6.42 Å². The van der Waals surface area contributed by atoms with E-state index in [0.717, 1.165) is 31.9 Å². The van der Waals surface area contributed by atoms with E-state index in [2.05, 4.69) is 11.4 Å². The number of nitrogens with zero attached hydrogens (tertiary/aromatic N) is 1. The van der Waals surface area contributed by atoms with Crippen LogP contribution in [0.15, 0.2) is 18.2 Å². The van der Waals surface area contributed by atoms with E-state index >= 15 is 0 Å². The van der Waals surface area contributed by atoms with Crippen molar-refractivity contribution >= 4 is 17.3 Å². The lowest BCUT2D eigenvalue weighted by Gasteiger charge is -2.11. The van der Waals surface area contributed by atoms with Crippen molar-refractivity contribution in [2.75, 3.05) is 25.1 Å². The Kier molecular flexibility index (Phi) is 3.66. The van der Waals surface area contributed by atoms with Crippen molar-refractivity contribution < 1.29 is 4.74 Å². The third-order valence-corrected chi connectivity index (χ3v) is 2.94. The van der Waals surface area contributed by atoms with E-state index in [-0.39, 0.29) is 0 Å². The Morgan fingerprint density at radius 2 is 2.44 bits per heavy atom. The number of benzene rings is 1. The lowest BCUT2D eigenvalue weighted by molar-refractivity contribution is 0.187. The molecule has 0 aliphatic carbocycles. The molecule has 2 rings (SSSR count). The predicted octanol–water partition coefficient (Wildman–Crippen LogP) is 2.66. The normalized spacial score (nSPS) is 19.4. The average Bonchev–Trinajstić information content (AvgIpc) is 2.80. The lowest BCUT2D eigenvalue weighted by atomic mass is 10.1. The molecule has 0 aromatic heterocycles. The van der Waals surface area contributed by atoms with E-state index in [1.54, 1.807) is 12.1 Å². The first-order chi connectivity index (χ1) is 7.79. The van der Waals surface area contributed by atoms with Gasteiger partial charge in [-0.1, -0.05) is 11.6 Å². The number of ether oxygens (including phenoxy) is 1. The van der Waals surface area contributed by atoms with Gasteiger partial charge in [0, 0.05) is 24.1 Å². The summed E-state index contributed by atoms with van der Waals surface area (Å²) in [5, 5.41) is 12.8. The first-order valence-electron chi connectivity index (χ1n) is 5.31. The second-order valence-electron chi connectivity index (χ2n) is 3.91. The minimum absolute atomic E-state index is 0.544. The molecule has 3 nitrogen and oxygen atoms in total. The van der Waals surface area contributed by atoms with Gasteiger partial charge in [0.15, 0.2) is 0 Å². The Balaban J connectivity index is 2.00. The van der Waals surface area contributed by atoms with Gasteiger partial charge in [-0.25, -0.2) is 0 Å². The highest BCUT2D eigenvalue weighted by Gasteiger charge is 2.15. The zero-order valence-electron chi connectivity index (χ0n) is 8.87. The standard InChI is InChI=1S/C12H13ClN2O/c13-11-1-2-12(10(5-11)6-14)15-7-9-3-4-16-8-9/h1-2,5,9,15H,3-4,7-8H2. The third kappa shape index (κ3) is 2.66. The Labute approximate surface area is 100.0 Å². The Morgan fingerprint density at radius 1 is 1.56 bits per heavy atom. The van der Waals surface area contributed by atoms with Crippen LogP contribution in [0.3, 0.4) is 0 Å². The summed E-state index contributed by atoms with van der Waals surface area (Å²) in [6.07, 6.45) is 1.09. The summed E-state index contributed by atoms with van der Waals surface area (Å²) in [6.45, 7) is 2.50. The summed E-state index contributed by atoms with van der Waals surface area (Å²) < 4.78 is 5.30. The molecule has 1 heterocycles. The van der Waals surface area contributed by atoms with Crippen molar-refractivity contribution in [2.24, 2.45) is 5.92 Å². The van der Waals surface area contributed by atoms with Crippen LogP contribution in [0.25, 0.3) is 0 Å². The maximum Gasteiger partial charge on any atom is 0.101 e. The van der Waals surface area contributed by atoms with Crippen molar-refractivity contribution in [3.8, 4) is 6.07 Å². The maximum atomic E-state index is 8.96. The van der Waals surface area contributed by atoms with Crippen LogP contribution >= 0.6 is 11.6 Å². The Morgan fingerprint density at radius 3 is 3.12 bits per heavy atom. The summed E-state index contributed by atoms with van der Waals surface area (Å²) in [5.74, 6) is 0.544. The van der Waals surface area contributed by atoms with Crippen molar-refractivity contribution in [3.05, 3.63) is 28.8 Å². The van der Waals surface area contributed by atoms with E-state index in [9.17, 15) is 0 Å². The SMILES string of the molecule is N#Cc1cc(Cl)ccc1NCC1CCOC1. The molecule has 1 saturated heterocycles. The van der Waals surface area contributed by atoms with Gasteiger partial charge in [0.2, 0.25) is 0 Å². The minimum Gasteiger partial charge on any atom is -0.384 e. The molecule has 1 aromatic rings. The summed E-state index contributed by atoms with van der Waals surface area (Å²) in [6, 6.07) is 7.44. The molecule has 1 atom stereocenters. The molecule has 1 aliphatic heterocycles. The average molecular weight is 237 g/mol. The highest BCUT2D eigenvalue weighted by molar-refractivity contribution is 6.30. The monoisotopic (exact) mass is 236 g/mol. The van der Waals surface area contributed by atoms with Gasteiger partial charge in [-0.3, -0.25) is 0 Å². The molecule has 0 radical (unpaired) electrons. The fourth-order valence-electron chi connectivity index (χ4n) is 1.76. The molecular formula is C12H13ClN2O. The van der Waals surface area contributed by atoms with Crippen LogP contribution in [-0.4, -0.2) is 19.8 Å². The quantitative estimate of drug-likeness (QED) is 0.878. The molecule has 1 N–H and O–H groups in total. The van der Waals surface area contributed by atoms with Crippen LogP contribution < -0.4 is 5.32 Å². The molecule has 84 valence electrons. The number of rotatable bonds is 3. The van der Waals surface area contributed by atoms with E-state index in [0.29, 0.717) is 16.5 Å². The van der Waals surface area contributed by atoms with Gasteiger partial charge < -0.3 is 10.1 Å². The molecule has 0 bridgehead atoms. The van der Waals surface area contributed by atoms with Gasteiger partial charge >= 0.3 is 0 Å². The third-order valence-electron chi connectivity index (χ3n) is 2.71. The fraction of sp³-hybridized carbons (Fsp3) is 0.417. The summed E-state index contributed by atoms with van der Waals surface area (Å²) in [4.78, 5) is 0. The van der Waals surface area contributed by atoms with Gasteiger partial charge in [-0.05, 0) is 24.6 Å². The molecule has 0 spiro atoms. The molecule has 0 saturated carbocycles. The van der Waals surface area contributed by atoms with Gasteiger partial charge in [0.1, 0.15) is 6.07 Å². The largest absolute Gasteiger partial charge is 0.384 e. The summed E-state index contributed by atoms with van der Waals surface area (Å²) in [7, 11) is 0. The van der Waals surface area contributed by atoms with Crippen LogP contribution in [0.4, 0.5) is 5.69 Å². The maximum absolute atomic E-state index is 8.96. The number of nitriles is 1. The smallest absolute Gasteiger partial charge is 0.101 e. The van der Waals surface area contributed by atoms with Crippen molar-refractivity contribution in [1.29, 1.82) is 5.26 Å². The lowest BCUT2D eigenvalue weighted by Crippen LogP contribution is -2.14. The fourth-order valence-corrected chi connectivity index (χ4v) is 1.93. The molecule has 1 aliphatic rings. The van der Waals surface area contributed by atoms with Crippen molar-refractivity contribution in [3.63, 3.8) is 0 Å². The van der Waals surface area contributed by atoms with Gasteiger partial charge in [0.25, 0.3) is 0 Å². The van der Waals surface area contributed by atoms with E-state index < -0.39 is 0 Å². The predicted molar refractivity (Wildman–Crippen MR) is 63.6 cm³/mol. The molecule has 16 heavy (non-hydrogen) atoms. The number of anilines is 1. The number of nitrogens with one attached hydrogen (secondary N) is 1. The second kappa shape index (κ2) is 5.20. The second-order valence-corrected chi connectivity index (χ2v) is 4.35. The van der Waals surface area contributed by atoms with Gasteiger partial charge in [-0.15, -0.1) is 0 Å². The zero-order chi connectivity index (χ0) is 11.4. The first kappa shape index (κ1) is 11.3. The number of hydrogen-bond acceptors (Lipinski definition) is 3. The van der Waals surface area contributed by atoms with E-state index in [1.807, 2.05) is 6.07 Å². The molecule has 1 aromatic carbocycles. The van der Waals surface area contributed by atoms with Gasteiger partial charge in [0.05, 0.1) is 17.9 Å². The number of halogens is 1. The van der Waals surface area contributed by atoms with Crippen LogP contribution in [0.2, 0.25) is 5.02 Å². The van der Waals surface area contributed by atoms with Crippen LogP contribution in [0, 0.1) is 17.2 Å². The van der Waals surface area contributed by atoms with E-state index in [1.165, 1.54) is 0 Å². The number of hydrogen-bond donors (Lipinski definition) is 1. The highest BCUT2D eigenvalue weighted by Crippen LogP contribution is 2.21. The molecule has 4 heteroatoms. The summed E-state index contributed by atoms with van der Waals surface area (Å²) in [5.41, 5.74) is 1.44. The van der Waals surface area contributed by atoms with Crippen LogP contribution in [0.5, 0.6) is 0 Å². The zero-order valence-corrected chi connectivity index (χ0v) is 9.63. The molecular weight excluding hydrogens is 224 g/mol. The molecule has 1 fully saturated rings. The van der Waals surface area contributed by atoms with Crippen LogP contribution in [-0.2, 0) is 4.74 Å². The highest BCUT2D eigenvalue weighted by atomic mass is 35.5. The summed E-state index contributed by atoms with van der Waals surface area (Å²) >= 11 is 5.82. The van der Waals surface area contributed by atoms with Gasteiger partial charge in [-0.2, -0.15) is 5.26 Å².